The number of anilines is 1. The maximum atomic E-state index is 5.82. The third-order valence-corrected chi connectivity index (χ3v) is 4.55. The fourth-order valence-corrected chi connectivity index (χ4v) is 3.23. The van der Waals surface area contributed by atoms with Gasteiger partial charge in [-0.2, -0.15) is 0 Å². The Labute approximate surface area is 173 Å². The molecule has 0 heterocycles. The van der Waals surface area contributed by atoms with Crippen molar-refractivity contribution in [1.29, 1.82) is 0 Å². The van der Waals surface area contributed by atoms with Gasteiger partial charge in [0.25, 0.3) is 0 Å². The molecule has 5 heteroatoms. The quantitative estimate of drug-likeness (QED) is 0.390. The van der Waals surface area contributed by atoms with Crippen LogP contribution in [0.25, 0.3) is 0 Å². The van der Waals surface area contributed by atoms with Crippen molar-refractivity contribution in [2.75, 3.05) is 19.0 Å². The summed E-state index contributed by atoms with van der Waals surface area (Å²) in [5.41, 5.74) is 2.07. The number of rotatable bonds is 9. The second kappa shape index (κ2) is 9.85. The minimum absolute atomic E-state index is 0.421. The van der Waals surface area contributed by atoms with Crippen LogP contribution in [0.1, 0.15) is 5.56 Å². The molecule has 0 aliphatic carbocycles. The average molecular weight is 440 g/mol. The topological polar surface area (TPSA) is 39.7 Å². The molecule has 0 unspecified atom stereocenters. The normalized spacial score (nSPS) is 10.2. The molecule has 0 aliphatic heterocycles. The highest BCUT2D eigenvalue weighted by atomic mass is 79.9. The van der Waals surface area contributed by atoms with Crippen LogP contribution in [0.5, 0.6) is 23.0 Å². The number of methoxy groups -OCH3 is 1. The SMILES string of the molecule is C=CCOc1c(Br)cc(CNc2ccc(Oc3ccccc3)cc2)cc1OC. The predicted octanol–water partition coefficient (Wildman–Crippen LogP) is 6.43. The molecule has 0 amide bonds. The van der Waals surface area contributed by atoms with Gasteiger partial charge in [-0.1, -0.05) is 30.9 Å². The third kappa shape index (κ3) is 5.30. The van der Waals surface area contributed by atoms with Crippen LogP contribution >= 0.6 is 15.9 Å². The molecule has 28 heavy (non-hydrogen) atoms. The molecular weight excluding hydrogens is 418 g/mol. The molecule has 0 saturated carbocycles. The average Bonchev–Trinajstić information content (AvgIpc) is 2.73. The monoisotopic (exact) mass is 439 g/mol. The summed E-state index contributed by atoms with van der Waals surface area (Å²) in [6.07, 6.45) is 1.70. The summed E-state index contributed by atoms with van der Waals surface area (Å²) in [5.74, 6) is 2.97. The van der Waals surface area contributed by atoms with Crippen molar-refractivity contribution in [1.82, 2.24) is 0 Å². The summed E-state index contributed by atoms with van der Waals surface area (Å²) < 4.78 is 17.8. The molecule has 0 radical (unpaired) electrons. The van der Waals surface area contributed by atoms with Gasteiger partial charge in [0.1, 0.15) is 18.1 Å². The van der Waals surface area contributed by atoms with Gasteiger partial charge in [-0.05, 0) is 70.0 Å². The van der Waals surface area contributed by atoms with Crippen molar-refractivity contribution in [2.24, 2.45) is 0 Å². The van der Waals surface area contributed by atoms with E-state index in [1.807, 2.05) is 66.7 Å². The Morgan fingerprint density at radius 3 is 2.39 bits per heavy atom. The van der Waals surface area contributed by atoms with Gasteiger partial charge >= 0.3 is 0 Å². The first-order chi connectivity index (χ1) is 13.7. The van der Waals surface area contributed by atoms with Gasteiger partial charge in [0.2, 0.25) is 0 Å². The van der Waals surface area contributed by atoms with E-state index in [-0.39, 0.29) is 0 Å². The summed E-state index contributed by atoms with van der Waals surface area (Å²) in [6.45, 7) is 4.74. The van der Waals surface area contributed by atoms with Gasteiger partial charge in [0.15, 0.2) is 11.5 Å². The number of benzene rings is 3. The highest BCUT2D eigenvalue weighted by Gasteiger charge is 2.11. The van der Waals surface area contributed by atoms with E-state index < -0.39 is 0 Å². The lowest BCUT2D eigenvalue weighted by atomic mass is 10.2. The van der Waals surface area contributed by atoms with Gasteiger partial charge < -0.3 is 19.5 Å². The molecule has 0 aromatic heterocycles. The molecule has 0 bridgehead atoms. The van der Waals surface area contributed by atoms with Gasteiger partial charge in [0.05, 0.1) is 11.6 Å². The molecule has 0 atom stereocenters. The van der Waals surface area contributed by atoms with Crippen LogP contribution in [0.15, 0.2) is 83.9 Å². The molecule has 1 N–H and O–H groups in total. The molecule has 144 valence electrons. The minimum Gasteiger partial charge on any atom is -0.493 e. The van der Waals surface area contributed by atoms with Crippen LogP contribution in [0.3, 0.4) is 0 Å². The molecule has 0 saturated heterocycles. The number of hydrogen-bond acceptors (Lipinski definition) is 4. The fourth-order valence-electron chi connectivity index (χ4n) is 2.63. The first kappa shape index (κ1) is 19.8. The highest BCUT2D eigenvalue weighted by Crippen LogP contribution is 2.37. The number of ether oxygens (including phenoxy) is 3. The van der Waals surface area contributed by atoms with Gasteiger partial charge in [-0.15, -0.1) is 0 Å². The second-order valence-electron chi connectivity index (χ2n) is 6.00. The number of para-hydroxylation sites is 1. The van der Waals surface area contributed by atoms with Gasteiger partial charge in [-0.25, -0.2) is 0 Å². The zero-order valence-electron chi connectivity index (χ0n) is 15.7. The lowest BCUT2D eigenvalue weighted by Gasteiger charge is -2.14. The van der Waals surface area contributed by atoms with Crippen LogP contribution in [-0.2, 0) is 6.54 Å². The van der Waals surface area contributed by atoms with E-state index in [9.17, 15) is 0 Å². The molecule has 3 aromatic carbocycles. The van der Waals surface area contributed by atoms with Crippen molar-refractivity contribution >= 4 is 21.6 Å². The molecule has 4 nitrogen and oxygen atoms in total. The maximum absolute atomic E-state index is 5.82. The number of hydrogen-bond donors (Lipinski definition) is 1. The maximum Gasteiger partial charge on any atom is 0.175 e. The number of halogens is 1. The largest absolute Gasteiger partial charge is 0.493 e. The van der Waals surface area contributed by atoms with Crippen molar-refractivity contribution in [2.45, 2.75) is 6.54 Å². The predicted molar refractivity (Wildman–Crippen MR) is 117 cm³/mol. The van der Waals surface area contributed by atoms with Crippen LogP contribution in [-0.4, -0.2) is 13.7 Å². The van der Waals surface area contributed by atoms with Crippen LogP contribution in [0.2, 0.25) is 0 Å². The summed E-state index contributed by atoms with van der Waals surface area (Å²) in [7, 11) is 1.63. The van der Waals surface area contributed by atoms with E-state index in [0.717, 1.165) is 27.2 Å². The van der Waals surface area contributed by atoms with E-state index in [1.165, 1.54) is 0 Å². The minimum atomic E-state index is 0.421. The Bertz CT molecular complexity index is 911. The van der Waals surface area contributed by atoms with Crippen LogP contribution < -0.4 is 19.5 Å². The van der Waals surface area contributed by atoms with E-state index >= 15 is 0 Å². The summed E-state index contributed by atoms with van der Waals surface area (Å²) in [4.78, 5) is 0. The lowest BCUT2D eigenvalue weighted by molar-refractivity contribution is 0.324. The molecule has 0 aliphatic rings. The first-order valence-corrected chi connectivity index (χ1v) is 9.66. The summed E-state index contributed by atoms with van der Waals surface area (Å²) in [6, 6.07) is 21.6. The highest BCUT2D eigenvalue weighted by molar-refractivity contribution is 9.10. The fraction of sp³-hybridized carbons (Fsp3) is 0.130. The zero-order valence-corrected chi connectivity index (χ0v) is 17.2. The van der Waals surface area contributed by atoms with E-state index in [4.69, 9.17) is 14.2 Å². The molecule has 0 fully saturated rings. The zero-order chi connectivity index (χ0) is 19.8. The van der Waals surface area contributed by atoms with Gasteiger partial charge in [0, 0.05) is 12.2 Å². The van der Waals surface area contributed by atoms with E-state index in [0.29, 0.717) is 24.7 Å². The Morgan fingerprint density at radius 1 is 1.00 bits per heavy atom. The smallest absolute Gasteiger partial charge is 0.175 e. The van der Waals surface area contributed by atoms with Crippen molar-refractivity contribution < 1.29 is 14.2 Å². The van der Waals surface area contributed by atoms with Crippen LogP contribution in [0.4, 0.5) is 5.69 Å². The molecule has 3 rings (SSSR count). The first-order valence-electron chi connectivity index (χ1n) is 8.86. The van der Waals surface area contributed by atoms with Gasteiger partial charge in [-0.3, -0.25) is 0 Å². The lowest BCUT2D eigenvalue weighted by Crippen LogP contribution is -2.02. The molecule has 3 aromatic rings. The summed E-state index contributed by atoms with van der Waals surface area (Å²) >= 11 is 3.55. The molecule has 0 spiro atoms. The van der Waals surface area contributed by atoms with Crippen LogP contribution in [0, 0.1) is 0 Å². The van der Waals surface area contributed by atoms with Crippen molar-refractivity contribution in [3.8, 4) is 23.0 Å². The Balaban J connectivity index is 1.63. The number of nitrogens with one attached hydrogen (secondary N) is 1. The third-order valence-electron chi connectivity index (χ3n) is 3.96. The Morgan fingerprint density at radius 2 is 1.71 bits per heavy atom. The van der Waals surface area contributed by atoms with Crippen molar-refractivity contribution in [3.05, 3.63) is 89.4 Å². The Kier molecular flexibility index (Phi) is 6.98. The van der Waals surface area contributed by atoms with Crippen molar-refractivity contribution in [3.63, 3.8) is 0 Å². The summed E-state index contributed by atoms with van der Waals surface area (Å²) in [5, 5.41) is 3.40. The standard InChI is InChI=1S/C23H22BrNO3/c1-3-13-27-23-21(24)14-17(15-22(23)26-2)16-25-18-9-11-20(12-10-18)28-19-7-5-4-6-8-19/h3-12,14-15,25H,1,13,16H2,2H3. The Hall–Kier alpha value is -2.92. The molecular formula is C23H22BrNO3. The van der Waals surface area contributed by atoms with E-state index in [2.05, 4.69) is 27.8 Å². The van der Waals surface area contributed by atoms with E-state index in [1.54, 1.807) is 13.2 Å². The second-order valence-corrected chi connectivity index (χ2v) is 6.86.